The molecule has 1 aliphatic rings. The smallest absolute Gasteiger partial charge is 0.0367 e. The highest BCUT2D eigenvalue weighted by molar-refractivity contribution is 5.53. The van der Waals surface area contributed by atoms with Gasteiger partial charge in [-0.1, -0.05) is 19.3 Å². The molecule has 1 fully saturated rings. The quantitative estimate of drug-likeness (QED) is 0.750. The number of hydrogen-bond donors (Lipinski definition) is 1. The van der Waals surface area contributed by atoms with E-state index in [1.165, 1.54) is 37.8 Å². The number of hydrogen-bond acceptors (Lipinski definition) is 2. The van der Waals surface area contributed by atoms with Gasteiger partial charge < -0.3 is 10.6 Å². The summed E-state index contributed by atoms with van der Waals surface area (Å²) in [4.78, 5) is 2.40. The minimum atomic E-state index is 0.724. The van der Waals surface area contributed by atoms with Crippen molar-refractivity contribution in [3.63, 3.8) is 0 Å². The minimum Gasteiger partial charge on any atom is -0.399 e. The third-order valence-electron chi connectivity index (χ3n) is 3.42. The monoisotopic (exact) mass is 204 g/mol. The van der Waals surface area contributed by atoms with Crippen molar-refractivity contribution >= 4 is 11.4 Å². The summed E-state index contributed by atoms with van der Waals surface area (Å²) in [5, 5.41) is 0. The minimum absolute atomic E-state index is 0.724. The Morgan fingerprint density at radius 1 is 1.07 bits per heavy atom. The molecule has 0 spiro atoms. The normalized spacial score (nSPS) is 17.7. The molecule has 0 radical (unpaired) electrons. The number of benzene rings is 1. The van der Waals surface area contributed by atoms with Gasteiger partial charge >= 0.3 is 0 Å². The van der Waals surface area contributed by atoms with E-state index in [1.54, 1.807) is 0 Å². The van der Waals surface area contributed by atoms with Crippen LogP contribution in [0.5, 0.6) is 0 Å². The Morgan fingerprint density at radius 3 is 2.27 bits per heavy atom. The van der Waals surface area contributed by atoms with Crippen LogP contribution in [0.2, 0.25) is 0 Å². The van der Waals surface area contributed by atoms with E-state index >= 15 is 0 Å². The fourth-order valence-electron chi connectivity index (χ4n) is 2.39. The van der Waals surface area contributed by atoms with Crippen molar-refractivity contribution in [2.75, 3.05) is 17.7 Å². The summed E-state index contributed by atoms with van der Waals surface area (Å²) < 4.78 is 0. The molecule has 2 rings (SSSR count). The van der Waals surface area contributed by atoms with Gasteiger partial charge in [-0.05, 0) is 37.1 Å². The van der Waals surface area contributed by atoms with Crippen molar-refractivity contribution in [1.29, 1.82) is 0 Å². The Morgan fingerprint density at radius 2 is 1.67 bits per heavy atom. The lowest BCUT2D eigenvalue weighted by Crippen LogP contribution is -2.33. The predicted molar refractivity (Wildman–Crippen MR) is 66.1 cm³/mol. The third kappa shape index (κ3) is 2.44. The van der Waals surface area contributed by atoms with Gasteiger partial charge in [-0.25, -0.2) is 0 Å². The van der Waals surface area contributed by atoms with Gasteiger partial charge in [0.2, 0.25) is 0 Å². The zero-order valence-electron chi connectivity index (χ0n) is 9.45. The zero-order chi connectivity index (χ0) is 10.7. The lowest BCUT2D eigenvalue weighted by atomic mass is 9.94. The zero-order valence-corrected chi connectivity index (χ0v) is 9.45. The Balaban J connectivity index is 2.05. The van der Waals surface area contributed by atoms with Crippen molar-refractivity contribution < 1.29 is 0 Å². The van der Waals surface area contributed by atoms with Crippen LogP contribution in [-0.4, -0.2) is 13.1 Å². The van der Waals surface area contributed by atoms with Gasteiger partial charge in [-0.2, -0.15) is 0 Å². The first-order chi connectivity index (χ1) is 7.27. The van der Waals surface area contributed by atoms with E-state index in [0.29, 0.717) is 0 Å². The van der Waals surface area contributed by atoms with Crippen LogP contribution < -0.4 is 10.6 Å². The van der Waals surface area contributed by atoms with E-state index in [4.69, 9.17) is 5.73 Å². The summed E-state index contributed by atoms with van der Waals surface area (Å²) >= 11 is 0. The number of nitrogens with zero attached hydrogens (tertiary/aromatic N) is 1. The molecule has 0 amide bonds. The highest BCUT2D eigenvalue weighted by Gasteiger charge is 2.17. The number of nitrogen functional groups attached to an aromatic ring is 1. The largest absolute Gasteiger partial charge is 0.399 e. The van der Waals surface area contributed by atoms with Crippen molar-refractivity contribution in [3.05, 3.63) is 24.3 Å². The lowest BCUT2D eigenvalue weighted by Gasteiger charge is -2.33. The molecule has 0 bridgehead atoms. The van der Waals surface area contributed by atoms with Crippen molar-refractivity contribution in [2.24, 2.45) is 0 Å². The molecule has 1 aromatic rings. The Hall–Kier alpha value is -1.18. The highest BCUT2D eigenvalue weighted by atomic mass is 15.1. The summed E-state index contributed by atoms with van der Waals surface area (Å²) in [6.45, 7) is 0. The summed E-state index contributed by atoms with van der Waals surface area (Å²) in [6.07, 6.45) is 6.84. The topological polar surface area (TPSA) is 29.3 Å². The molecule has 0 heterocycles. The summed E-state index contributed by atoms with van der Waals surface area (Å²) in [6, 6.07) is 8.92. The second-order valence-electron chi connectivity index (χ2n) is 4.49. The molecule has 0 aromatic heterocycles. The highest BCUT2D eigenvalue weighted by Crippen LogP contribution is 2.26. The molecular formula is C13H20N2. The van der Waals surface area contributed by atoms with Crippen LogP contribution in [0, 0.1) is 0 Å². The SMILES string of the molecule is CN(c1ccc(N)cc1)C1CCCCC1. The molecule has 15 heavy (non-hydrogen) atoms. The molecule has 2 nitrogen and oxygen atoms in total. The second-order valence-corrected chi connectivity index (χ2v) is 4.49. The number of nitrogens with two attached hydrogens (primary N) is 1. The Kier molecular flexibility index (Phi) is 3.14. The fourth-order valence-corrected chi connectivity index (χ4v) is 2.39. The van der Waals surface area contributed by atoms with Crippen molar-refractivity contribution in [2.45, 2.75) is 38.1 Å². The van der Waals surface area contributed by atoms with Gasteiger partial charge in [-0.15, -0.1) is 0 Å². The maximum Gasteiger partial charge on any atom is 0.0367 e. The van der Waals surface area contributed by atoms with Gasteiger partial charge in [0.25, 0.3) is 0 Å². The lowest BCUT2D eigenvalue weighted by molar-refractivity contribution is 0.427. The molecular weight excluding hydrogens is 184 g/mol. The molecule has 0 atom stereocenters. The van der Waals surface area contributed by atoms with Crippen LogP contribution in [0.15, 0.2) is 24.3 Å². The van der Waals surface area contributed by atoms with Gasteiger partial charge in [0.15, 0.2) is 0 Å². The molecule has 0 saturated heterocycles. The maximum atomic E-state index is 5.69. The van der Waals surface area contributed by atoms with Crippen LogP contribution >= 0.6 is 0 Å². The first-order valence-corrected chi connectivity index (χ1v) is 5.86. The molecule has 2 heteroatoms. The summed E-state index contributed by atoms with van der Waals surface area (Å²) in [5.41, 5.74) is 7.82. The summed E-state index contributed by atoms with van der Waals surface area (Å²) in [7, 11) is 2.20. The Bertz CT molecular complexity index is 299. The van der Waals surface area contributed by atoms with Crippen LogP contribution in [0.4, 0.5) is 11.4 Å². The molecule has 0 aliphatic heterocycles. The van der Waals surface area contributed by atoms with Crippen LogP contribution in [-0.2, 0) is 0 Å². The molecule has 82 valence electrons. The average Bonchev–Trinajstić information content (AvgIpc) is 2.30. The molecule has 1 aliphatic carbocycles. The van der Waals surface area contributed by atoms with Crippen LogP contribution in [0.25, 0.3) is 0 Å². The van der Waals surface area contributed by atoms with Crippen LogP contribution in [0.1, 0.15) is 32.1 Å². The average molecular weight is 204 g/mol. The second kappa shape index (κ2) is 4.56. The third-order valence-corrected chi connectivity index (χ3v) is 3.42. The van der Waals surface area contributed by atoms with E-state index in [9.17, 15) is 0 Å². The summed E-state index contributed by atoms with van der Waals surface area (Å²) in [5.74, 6) is 0. The molecule has 1 aromatic carbocycles. The number of rotatable bonds is 2. The van der Waals surface area contributed by atoms with Crippen molar-refractivity contribution in [1.82, 2.24) is 0 Å². The molecule has 2 N–H and O–H groups in total. The van der Waals surface area contributed by atoms with E-state index in [0.717, 1.165) is 11.7 Å². The van der Waals surface area contributed by atoms with Gasteiger partial charge in [0, 0.05) is 24.5 Å². The van der Waals surface area contributed by atoms with E-state index in [2.05, 4.69) is 24.1 Å². The first-order valence-electron chi connectivity index (χ1n) is 5.86. The number of anilines is 2. The Labute approximate surface area is 92.1 Å². The predicted octanol–water partition coefficient (Wildman–Crippen LogP) is 3.04. The van der Waals surface area contributed by atoms with Crippen LogP contribution in [0.3, 0.4) is 0 Å². The fraction of sp³-hybridized carbons (Fsp3) is 0.538. The van der Waals surface area contributed by atoms with Gasteiger partial charge in [0.1, 0.15) is 0 Å². The van der Waals surface area contributed by atoms with Gasteiger partial charge in [0.05, 0.1) is 0 Å². The molecule has 1 saturated carbocycles. The van der Waals surface area contributed by atoms with Crippen molar-refractivity contribution in [3.8, 4) is 0 Å². The van der Waals surface area contributed by atoms with E-state index in [1.807, 2.05) is 12.1 Å². The van der Waals surface area contributed by atoms with E-state index in [-0.39, 0.29) is 0 Å². The first kappa shape index (κ1) is 10.3. The van der Waals surface area contributed by atoms with E-state index < -0.39 is 0 Å². The molecule has 0 unspecified atom stereocenters. The standard InChI is InChI=1S/C13H20N2/c1-15(12-5-3-2-4-6-12)13-9-7-11(14)8-10-13/h7-10,12H,2-6,14H2,1H3. The maximum absolute atomic E-state index is 5.69. The van der Waals surface area contributed by atoms with Gasteiger partial charge in [-0.3, -0.25) is 0 Å².